The third-order valence-electron chi connectivity index (χ3n) is 3.40. The van der Waals surface area contributed by atoms with E-state index >= 15 is 0 Å². The van der Waals surface area contributed by atoms with Crippen LogP contribution in [0.5, 0.6) is 0 Å². The highest BCUT2D eigenvalue weighted by molar-refractivity contribution is 5.22. The first-order valence-electron chi connectivity index (χ1n) is 6.55. The highest BCUT2D eigenvalue weighted by atomic mass is 19.1. The molecule has 0 aromatic heterocycles. The van der Waals surface area contributed by atoms with Crippen LogP contribution in [0, 0.1) is 17.6 Å². The maximum atomic E-state index is 13.8. The predicted molar refractivity (Wildman–Crippen MR) is 69.7 cm³/mol. The highest BCUT2D eigenvalue weighted by Crippen LogP contribution is 2.30. The van der Waals surface area contributed by atoms with Crippen LogP contribution in [0.15, 0.2) is 18.2 Å². The molecule has 2 atom stereocenters. The quantitative estimate of drug-likeness (QED) is 0.577. The molecule has 0 saturated carbocycles. The summed E-state index contributed by atoms with van der Waals surface area (Å²) >= 11 is 0. The molecule has 0 amide bonds. The second-order valence-electron chi connectivity index (χ2n) is 4.62. The smallest absolute Gasteiger partial charge is 0.130 e. The van der Waals surface area contributed by atoms with E-state index in [-0.39, 0.29) is 12.0 Å². The van der Waals surface area contributed by atoms with E-state index in [0.717, 1.165) is 31.7 Å². The Kier molecular flexibility index (Phi) is 6.22. The van der Waals surface area contributed by atoms with Crippen LogP contribution in [0.3, 0.4) is 0 Å². The summed E-state index contributed by atoms with van der Waals surface area (Å²) in [5.41, 5.74) is 3.12. The van der Waals surface area contributed by atoms with Gasteiger partial charge in [0, 0.05) is 11.6 Å². The Labute approximate surface area is 108 Å². The number of nitrogens with two attached hydrogens (primary N) is 1. The van der Waals surface area contributed by atoms with Crippen molar-refractivity contribution in [3.05, 3.63) is 35.4 Å². The van der Waals surface area contributed by atoms with Crippen LogP contribution in [0.4, 0.5) is 8.78 Å². The molecular weight excluding hydrogens is 234 g/mol. The minimum absolute atomic E-state index is 0.259. The first-order valence-corrected chi connectivity index (χ1v) is 6.55. The Morgan fingerprint density at radius 2 is 2.00 bits per heavy atom. The summed E-state index contributed by atoms with van der Waals surface area (Å²) in [6.45, 7) is 4.18. The number of hydrogen-bond acceptors (Lipinski definition) is 2. The zero-order chi connectivity index (χ0) is 13.5. The monoisotopic (exact) mass is 256 g/mol. The van der Waals surface area contributed by atoms with E-state index in [1.165, 1.54) is 12.1 Å². The van der Waals surface area contributed by atoms with Crippen LogP contribution in [0.1, 0.15) is 51.1 Å². The first kappa shape index (κ1) is 15.1. The fourth-order valence-electron chi connectivity index (χ4n) is 2.31. The Hall–Kier alpha value is -1.00. The zero-order valence-corrected chi connectivity index (χ0v) is 11.0. The van der Waals surface area contributed by atoms with Gasteiger partial charge in [-0.05, 0) is 18.4 Å². The summed E-state index contributed by atoms with van der Waals surface area (Å²) in [5.74, 6) is 4.71. The molecule has 0 heterocycles. The summed E-state index contributed by atoms with van der Waals surface area (Å²) in [6.07, 6.45) is 4.07. The second kappa shape index (κ2) is 7.44. The highest BCUT2D eigenvalue weighted by Gasteiger charge is 2.23. The molecule has 0 spiro atoms. The summed E-state index contributed by atoms with van der Waals surface area (Å²) in [6, 6.07) is 3.40. The van der Waals surface area contributed by atoms with Crippen molar-refractivity contribution < 1.29 is 8.78 Å². The molecule has 0 fully saturated rings. The molecule has 4 heteroatoms. The van der Waals surface area contributed by atoms with E-state index in [2.05, 4.69) is 19.3 Å². The lowest BCUT2D eigenvalue weighted by Gasteiger charge is -2.26. The lowest BCUT2D eigenvalue weighted by molar-refractivity contribution is 0.318. The Balaban J connectivity index is 2.92. The molecule has 0 radical (unpaired) electrons. The molecule has 0 aliphatic rings. The minimum atomic E-state index is -0.561. The molecule has 2 nitrogen and oxygen atoms in total. The molecule has 0 saturated heterocycles. The van der Waals surface area contributed by atoms with Crippen LogP contribution in [-0.2, 0) is 0 Å². The number of hydrogen-bond donors (Lipinski definition) is 2. The summed E-state index contributed by atoms with van der Waals surface area (Å²) < 4.78 is 26.7. The summed E-state index contributed by atoms with van der Waals surface area (Å²) in [5, 5.41) is 0. The molecule has 0 bridgehead atoms. The van der Waals surface area contributed by atoms with Crippen molar-refractivity contribution >= 4 is 0 Å². The van der Waals surface area contributed by atoms with Gasteiger partial charge in [-0.1, -0.05) is 39.2 Å². The molecule has 1 rings (SSSR count). The van der Waals surface area contributed by atoms with E-state index in [1.807, 2.05) is 0 Å². The van der Waals surface area contributed by atoms with Crippen LogP contribution < -0.4 is 11.3 Å². The molecular formula is C14H22F2N2. The standard InChI is InChI=1S/C14H22F2N2/c1-3-5-6-10(4-2)14(18-17)12-8-7-11(15)9-13(12)16/h7-10,14,18H,3-6,17H2,1-2H3. The van der Waals surface area contributed by atoms with E-state index in [4.69, 9.17) is 5.84 Å². The average Bonchev–Trinajstić information content (AvgIpc) is 2.36. The maximum Gasteiger partial charge on any atom is 0.130 e. The Morgan fingerprint density at radius 3 is 2.50 bits per heavy atom. The summed E-state index contributed by atoms with van der Waals surface area (Å²) in [4.78, 5) is 0. The first-order chi connectivity index (χ1) is 8.63. The molecule has 3 N–H and O–H groups in total. The van der Waals surface area contributed by atoms with Crippen molar-refractivity contribution in [3.63, 3.8) is 0 Å². The van der Waals surface area contributed by atoms with Gasteiger partial charge in [-0.25, -0.2) is 8.78 Å². The van der Waals surface area contributed by atoms with Gasteiger partial charge in [-0.15, -0.1) is 0 Å². The largest absolute Gasteiger partial charge is 0.271 e. The van der Waals surface area contributed by atoms with Gasteiger partial charge >= 0.3 is 0 Å². The number of rotatable bonds is 7. The Morgan fingerprint density at radius 1 is 1.28 bits per heavy atom. The summed E-state index contributed by atoms with van der Waals surface area (Å²) in [7, 11) is 0. The average molecular weight is 256 g/mol. The van der Waals surface area contributed by atoms with Gasteiger partial charge in [-0.3, -0.25) is 11.3 Å². The van der Waals surface area contributed by atoms with Gasteiger partial charge in [0.2, 0.25) is 0 Å². The van der Waals surface area contributed by atoms with Gasteiger partial charge in [0.1, 0.15) is 11.6 Å². The zero-order valence-electron chi connectivity index (χ0n) is 11.0. The number of unbranched alkanes of at least 4 members (excludes halogenated alkanes) is 1. The normalized spacial score (nSPS) is 14.5. The van der Waals surface area contributed by atoms with E-state index < -0.39 is 11.6 Å². The third-order valence-corrected chi connectivity index (χ3v) is 3.40. The van der Waals surface area contributed by atoms with Crippen molar-refractivity contribution in [2.45, 2.75) is 45.6 Å². The van der Waals surface area contributed by atoms with Crippen LogP contribution in [0.2, 0.25) is 0 Å². The van der Waals surface area contributed by atoms with Crippen LogP contribution in [0.25, 0.3) is 0 Å². The maximum absolute atomic E-state index is 13.8. The predicted octanol–water partition coefficient (Wildman–Crippen LogP) is 3.69. The molecule has 2 unspecified atom stereocenters. The molecule has 1 aromatic carbocycles. The van der Waals surface area contributed by atoms with Crippen molar-refractivity contribution in [2.75, 3.05) is 0 Å². The van der Waals surface area contributed by atoms with Gasteiger partial charge in [0.15, 0.2) is 0 Å². The van der Waals surface area contributed by atoms with Crippen LogP contribution >= 0.6 is 0 Å². The van der Waals surface area contributed by atoms with E-state index in [1.54, 1.807) is 0 Å². The fraction of sp³-hybridized carbons (Fsp3) is 0.571. The van der Waals surface area contributed by atoms with Crippen molar-refractivity contribution in [1.29, 1.82) is 0 Å². The van der Waals surface area contributed by atoms with Gasteiger partial charge < -0.3 is 0 Å². The van der Waals surface area contributed by atoms with Crippen molar-refractivity contribution in [1.82, 2.24) is 5.43 Å². The number of benzene rings is 1. The second-order valence-corrected chi connectivity index (χ2v) is 4.62. The number of hydrazine groups is 1. The Bertz CT molecular complexity index is 369. The SMILES string of the molecule is CCCCC(CC)C(NN)c1ccc(F)cc1F. The van der Waals surface area contributed by atoms with E-state index in [9.17, 15) is 8.78 Å². The topological polar surface area (TPSA) is 38.0 Å². The third kappa shape index (κ3) is 3.75. The van der Waals surface area contributed by atoms with Gasteiger partial charge in [-0.2, -0.15) is 0 Å². The molecule has 102 valence electrons. The minimum Gasteiger partial charge on any atom is -0.271 e. The van der Waals surface area contributed by atoms with Crippen LogP contribution in [-0.4, -0.2) is 0 Å². The van der Waals surface area contributed by atoms with Gasteiger partial charge in [0.25, 0.3) is 0 Å². The molecule has 0 aliphatic carbocycles. The van der Waals surface area contributed by atoms with Crippen molar-refractivity contribution in [3.8, 4) is 0 Å². The molecule has 0 aliphatic heterocycles. The lowest BCUT2D eigenvalue weighted by Crippen LogP contribution is -2.34. The fourth-order valence-corrected chi connectivity index (χ4v) is 2.31. The molecule has 18 heavy (non-hydrogen) atoms. The molecule has 1 aromatic rings. The lowest BCUT2D eigenvalue weighted by atomic mass is 9.87. The van der Waals surface area contributed by atoms with Crippen molar-refractivity contribution in [2.24, 2.45) is 11.8 Å². The van der Waals surface area contributed by atoms with Gasteiger partial charge in [0.05, 0.1) is 6.04 Å². The number of halogens is 2. The van der Waals surface area contributed by atoms with E-state index in [0.29, 0.717) is 5.56 Å². The number of nitrogens with one attached hydrogen (secondary N) is 1.